The third kappa shape index (κ3) is 4.41. The van der Waals surface area contributed by atoms with Gasteiger partial charge in [-0.1, -0.05) is 6.92 Å². The Morgan fingerprint density at radius 2 is 1.66 bits per heavy atom. The van der Waals surface area contributed by atoms with Crippen molar-refractivity contribution in [2.75, 3.05) is 34.2 Å². The molecule has 11 heteroatoms. The molecule has 0 saturated carbocycles. The second-order valence-electron chi connectivity index (χ2n) is 7.92. The first-order valence-corrected chi connectivity index (χ1v) is 12.0. The smallest absolute Gasteiger partial charge is 0.332 e. The molecule has 32 heavy (non-hydrogen) atoms. The summed E-state index contributed by atoms with van der Waals surface area (Å²) in [7, 11) is 1.71. The summed E-state index contributed by atoms with van der Waals surface area (Å²) in [5, 5.41) is 0. The molecule has 0 fully saturated rings. The van der Waals surface area contributed by atoms with Gasteiger partial charge in [-0.3, -0.25) is 13.9 Å². The Morgan fingerprint density at radius 1 is 1.00 bits per heavy atom. The van der Waals surface area contributed by atoms with Crippen molar-refractivity contribution in [3.63, 3.8) is 0 Å². The number of nitrogens with one attached hydrogen (secondary N) is 1. The lowest BCUT2D eigenvalue weighted by Crippen LogP contribution is -2.39. The maximum absolute atomic E-state index is 12.8. The minimum Gasteiger partial charge on any atom is -0.332 e. The number of hydrogen-bond donors (Lipinski definition) is 1. The molecule has 3 aromatic rings. The molecule has 10 nitrogen and oxygen atoms in total. The molecule has 2 aromatic heterocycles. The lowest BCUT2D eigenvalue weighted by Gasteiger charge is -2.19. The minimum absolute atomic E-state index is 0.175. The number of aromatic amines is 1. The lowest BCUT2D eigenvalue weighted by atomic mass is 10.2. The third-order valence-corrected chi connectivity index (χ3v) is 7.19. The molecule has 1 aromatic carbocycles. The van der Waals surface area contributed by atoms with E-state index in [2.05, 4.69) is 9.97 Å². The second kappa shape index (κ2) is 9.39. The number of imidazole rings is 1. The van der Waals surface area contributed by atoms with Gasteiger partial charge in [-0.15, -0.1) is 0 Å². The summed E-state index contributed by atoms with van der Waals surface area (Å²) >= 11 is 0. The fourth-order valence-corrected chi connectivity index (χ4v) is 4.60. The summed E-state index contributed by atoms with van der Waals surface area (Å²) in [4.78, 5) is 35.1. The first-order valence-electron chi connectivity index (χ1n) is 10.6. The fraction of sp³-hybridized carbons (Fsp3) is 0.476. The molecule has 0 bridgehead atoms. The van der Waals surface area contributed by atoms with Crippen molar-refractivity contribution < 1.29 is 8.42 Å². The topological polar surface area (TPSA) is 113 Å². The highest BCUT2D eigenvalue weighted by atomic mass is 32.2. The van der Waals surface area contributed by atoms with Gasteiger partial charge < -0.3 is 9.88 Å². The molecule has 1 N–H and O–H groups in total. The van der Waals surface area contributed by atoms with Gasteiger partial charge in [-0.25, -0.2) is 18.2 Å². The van der Waals surface area contributed by atoms with Gasteiger partial charge >= 0.3 is 5.69 Å². The largest absolute Gasteiger partial charge is 0.332 e. The summed E-state index contributed by atoms with van der Waals surface area (Å²) < 4.78 is 29.6. The molecule has 0 radical (unpaired) electrons. The number of fused-ring (bicyclic) bond motifs is 1. The van der Waals surface area contributed by atoms with Crippen LogP contribution in [0.4, 0.5) is 0 Å². The van der Waals surface area contributed by atoms with E-state index in [9.17, 15) is 18.0 Å². The van der Waals surface area contributed by atoms with Gasteiger partial charge in [0, 0.05) is 38.8 Å². The predicted octanol–water partition coefficient (Wildman–Crippen LogP) is 1.17. The van der Waals surface area contributed by atoms with E-state index >= 15 is 0 Å². The lowest BCUT2D eigenvalue weighted by molar-refractivity contribution is 0.358. The van der Waals surface area contributed by atoms with Crippen molar-refractivity contribution in [3.8, 4) is 11.4 Å². The molecule has 0 saturated heterocycles. The van der Waals surface area contributed by atoms with Crippen LogP contribution < -0.4 is 11.2 Å². The monoisotopic (exact) mass is 462 g/mol. The zero-order chi connectivity index (χ0) is 23.6. The van der Waals surface area contributed by atoms with E-state index in [1.165, 1.54) is 25.6 Å². The SMILES string of the molecule is CCCn1c(=O)c2[nH]c(-c3ccc(S(=O)(=O)N(C)CCN(C)C)cc3)nc2n(CC)c1=O. The van der Waals surface area contributed by atoms with E-state index in [0.29, 0.717) is 49.6 Å². The summed E-state index contributed by atoms with van der Waals surface area (Å²) in [5.41, 5.74) is 0.386. The van der Waals surface area contributed by atoms with Gasteiger partial charge in [0.1, 0.15) is 11.3 Å². The normalized spacial score (nSPS) is 12.3. The van der Waals surface area contributed by atoms with Crippen molar-refractivity contribution in [2.24, 2.45) is 0 Å². The first kappa shape index (κ1) is 23.9. The number of H-pyrrole nitrogens is 1. The standard InChI is InChI=1S/C21H30N6O4S/c1-6-12-27-20(28)17-19(26(7-2)21(27)29)23-18(22-17)15-8-10-16(11-9-15)32(30,31)25(5)14-13-24(3)4/h8-11H,6-7,12-14H2,1-5H3,(H,22,23). The number of sulfonamides is 1. The molecule has 0 unspecified atom stereocenters. The van der Waals surface area contributed by atoms with Crippen LogP contribution in [-0.4, -0.2) is 71.0 Å². The van der Waals surface area contributed by atoms with Crippen LogP contribution in [0.15, 0.2) is 38.8 Å². The summed E-state index contributed by atoms with van der Waals surface area (Å²) in [6, 6.07) is 6.32. The predicted molar refractivity (Wildman–Crippen MR) is 124 cm³/mol. The van der Waals surface area contributed by atoms with Gasteiger partial charge in [0.25, 0.3) is 5.56 Å². The van der Waals surface area contributed by atoms with Crippen molar-refractivity contribution in [1.82, 2.24) is 28.3 Å². The van der Waals surface area contributed by atoms with Crippen molar-refractivity contribution in [1.29, 1.82) is 0 Å². The van der Waals surface area contributed by atoms with E-state index in [0.717, 1.165) is 0 Å². The number of hydrogen-bond acceptors (Lipinski definition) is 6. The number of benzene rings is 1. The van der Waals surface area contributed by atoms with Crippen LogP contribution in [-0.2, 0) is 23.1 Å². The Kier molecular flexibility index (Phi) is 7.01. The number of likely N-dealkylation sites (N-methyl/N-ethyl adjacent to an activating group) is 2. The molecule has 0 aliphatic heterocycles. The average molecular weight is 463 g/mol. The summed E-state index contributed by atoms with van der Waals surface area (Å²) in [6.07, 6.45) is 0.657. The molecule has 174 valence electrons. The molecule has 3 rings (SSSR count). The average Bonchev–Trinajstić information content (AvgIpc) is 3.20. The molecular weight excluding hydrogens is 432 g/mol. The Bertz CT molecular complexity index is 1320. The van der Waals surface area contributed by atoms with Crippen molar-refractivity contribution >= 4 is 21.2 Å². The van der Waals surface area contributed by atoms with Gasteiger partial charge in [0.15, 0.2) is 5.65 Å². The highest BCUT2D eigenvalue weighted by Gasteiger charge is 2.21. The molecular formula is C21H30N6O4S. The van der Waals surface area contributed by atoms with Crippen LogP contribution in [0.3, 0.4) is 0 Å². The number of aryl methyl sites for hydroxylation is 1. The Balaban J connectivity index is 2.01. The zero-order valence-electron chi connectivity index (χ0n) is 19.1. The van der Waals surface area contributed by atoms with Crippen LogP contribution in [0, 0.1) is 0 Å². The Labute approximate surface area is 187 Å². The van der Waals surface area contributed by atoms with Gasteiger partial charge in [0.2, 0.25) is 10.0 Å². The summed E-state index contributed by atoms with van der Waals surface area (Å²) in [5.74, 6) is 0.401. The van der Waals surface area contributed by atoms with Gasteiger partial charge in [-0.05, 0) is 51.7 Å². The highest BCUT2D eigenvalue weighted by Crippen LogP contribution is 2.22. The van der Waals surface area contributed by atoms with E-state index < -0.39 is 15.6 Å². The van der Waals surface area contributed by atoms with E-state index in [1.807, 2.05) is 32.8 Å². The van der Waals surface area contributed by atoms with Crippen LogP contribution in [0.1, 0.15) is 20.3 Å². The maximum Gasteiger partial charge on any atom is 0.332 e. The number of aromatic nitrogens is 4. The molecule has 0 atom stereocenters. The van der Waals surface area contributed by atoms with Crippen molar-refractivity contribution in [3.05, 3.63) is 45.1 Å². The Hall–Kier alpha value is -2.76. The Morgan fingerprint density at radius 3 is 2.22 bits per heavy atom. The number of nitrogens with zero attached hydrogens (tertiary/aromatic N) is 5. The van der Waals surface area contributed by atoms with Crippen LogP contribution in [0.5, 0.6) is 0 Å². The van der Waals surface area contributed by atoms with Crippen LogP contribution in [0.2, 0.25) is 0 Å². The zero-order valence-corrected chi connectivity index (χ0v) is 19.9. The number of rotatable bonds is 9. The van der Waals surface area contributed by atoms with E-state index in [4.69, 9.17) is 0 Å². The minimum atomic E-state index is -3.62. The summed E-state index contributed by atoms with van der Waals surface area (Å²) in [6.45, 7) is 5.41. The van der Waals surface area contributed by atoms with Gasteiger partial charge in [-0.2, -0.15) is 4.31 Å². The molecule has 0 amide bonds. The third-order valence-electron chi connectivity index (χ3n) is 5.32. The van der Waals surface area contributed by atoms with Crippen LogP contribution in [0.25, 0.3) is 22.6 Å². The second-order valence-corrected chi connectivity index (χ2v) is 9.97. The maximum atomic E-state index is 12.8. The highest BCUT2D eigenvalue weighted by molar-refractivity contribution is 7.89. The molecule has 2 heterocycles. The van der Waals surface area contributed by atoms with Gasteiger partial charge in [0.05, 0.1) is 4.90 Å². The van der Waals surface area contributed by atoms with Crippen LogP contribution >= 0.6 is 0 Å². The molecule has 0 aliphatic carbocycles. The van der Waals surface area contributed by atoms with E-state index in [1.54, 1.807) is 19.2 Å². The van der Waals surface area contributed by atoms with Crippen molar-refractivity contribution in [2.45, 2.75) is 38.3 Å². The quantitative estimate of drug-likeness (QED) is 0.511. The fourth-order valence-electron chi connectivity index (χ4n) is 3.43. The first-order chi connectivity index (χ1) is 15.1. The molecule has 0 spiro atoms. The van der Waals surface area contributed by atoms with E-state index in [-0.39, 0.29) is 16.1 Å². The molecule has 0 aliphatic rings.